The molecule has 0 aromatic heterocycles. The summed E-state index contributed by atoms with van der Waals surface area (Å²) in [7, 11) is 2.89. The van der Waals surface area contributed by atoms with Gasteiger partial charge in [-0.1, -0.05) is 32.0 Å². The van der Waals surface area contributed by atoms with Crippen LogP contribution in [0.25, 0.3) is 0 Å². The molecule has 224 valence electrons. The molecule has 3 aliphatic carbocycles. The molecule has 1 aromatic rings. The van der Waals surface area contributed by atoms with Crippen LogP contribution in [0.1, 0.15) is 57.8 Å². The number of hydrogen-bond donors (Lipinski definition) is 2. The number of methoxy groups -OCH3 is 2. The molecule has 1 saturated heterocycles. The first-order valence-corrected chi connectivity index (χ1v) is 14.0. The summed E-state index contributed by atoms with van der Waals surface area (Å²) in [4.78, 5) is 41.2. The van der Waals surface area contributed by atoms with Crippen molar-refractivity contribution in [1.82, 2.24) is 0 Å². The van der Waals surface area contributed by atoms with E-state index in [0.29, 0.717) is 11.1 Å². The molecule has 1 heterocycles. The van der Waals surface area contributed by atoms with Crippen molar-refractivity contribution in [2.75, 3.05) is 20.8 Å². The fraction of sp³-hybridized carbons (Fsp3) is 0.645. The van der Waals surface area contributed by atoms with Crippen LogP contribution in [0.2, 0.25) is 0 Å². The van der Waals surface area contributed by atoms with Crippen molar-refractivity contribution in [3.63, 3.8) is 0 Å². The Morgan fingerprint density at radius 1 is 1.07 bits per heavy atom. The topological polar surface area (TPSA) is 138 Å². The molecule has 4 aliphatic rings. The van der Waals surface area contributed by atoms with Gasteiger partial charge in [-0.25, -0.2) is 4.79 Å². The van der Waals surface area contributed by atoms with Crippen molar-refractivity contribution >= 4 is 17.7 Å². The summed E-state index contributed by atoms with van der Waals surface area (Å²) in [5.74, 6) is -2.83. The van der Waals surface area contributed by atoms with E-state index >= 15 is 0 Å². The molecule has 10 heteroatoms. The predicted octanol–water partition coefficient (Wildman–Crippen LogP) is 2.39. The summed E-state index contributed by atoms with van der Waals surface area (Å²) in [6.45, 7) is 8.13. The average molecular weight is 573 g/mol. The van der Waals surface area contributed by atoms with E-state index in [0.717, 1.165) is 0 Å². The van der Waals surface area contributed by atoms with Gasteiger partial charge in [0.05, 0.1) is 35.7 Å². The average Bonchev–Trinajstić information content (AvgIpc) is 2.91. The lowest BCUT2D eigenvalue weighted by molar-refractivity contribution is -0.347. The van der Waals surface area contributed by atoms with Gasteiger partial charge >= 0.3 is 11.9 Å². The number of rotatable bonds is 5. The largest absolute Gasteiger partial charge is 0.455 e. The van der Waals surface area contributed by atoms with Crippen molar-refractivity contribution in [3.8, 4) is 0 Å². The second-order valence-electron chi connectivity index (χ2n) is 12.6. The summed E-state index contributed by atoms with van der Waals surface area (Å²) in [5.41, 5.74) is -4.88. The van der Waals surface area contributed by atoms with E-state index in [2.05, 4.69) is 0 Å². The second-order valence-corrected chi connectivity index (χ2v) is 12.6. The third kappa shape index (κ3) is 3.98. The van der Waals surface area contributed by atoms with E-state index in [9.17, 15) is 24.6 Å². The maximum atomic E-state index is 14.9. The minimum absolute atomic E-state index is 0.0704. The number of carbonyl (C=O) groups excluding carboxylic acids is 3. The Bertz CT molecular complexity index is 1270. The zero-order valence-electron chi connectivity index (χ0n) is 24.6. The van der Waals surface area contributed by atoms with Gasteiger partial charge in [0.15, 0.2) is 11.4 Å². The number of carbonyl (C=O) groups is 3. The molecule has 5 rings (SSSR count). The number of ether oxygens (including phenoxy) is 5. The zero-order valence-corrected chi connectivity index (χ0v) is 24.6. The lowest BCUT2D eigenvalue weighted by Crippen LogP contribution is -2.82. The third-order valence-corrected chi connectivity index (χ3v) is 10.4. The van der Waals surface area contributed by atoms with Crippen LogP contribution >= 0.6 is 0 Å². The number of hydrogen-bond acceptors (Lipinski definition) is 10. The molecule has 9 atom stereocenters. The van der Waals surface area contributed by atoms with Crippen LogP contribution in [0.4, 0.5) is 0 Å². The number of ketones is 1. The molecule has 2 N–H and O–H groups in total. The maximum Gasteiger partial charge on any atom is 0.338 e. The van der Waals surface area contributed by atoms with Gasteiger partial charge in [0.25, 0.3) is 0 Å². The molecular formula is C31H40O10. The van der Waals surface area contributed by atoms with Gasteiger partial charge in [-0.15, -0.1) is 0 Å². The van der Waals surface area contributed by atoms with E-state index in [-0.39, 0.29) is 30.8 Å². The van der Waals surface area contributed by atoms with Crippen LogP contribution in [-0.2, 0) is 33.3 Å². The SMILES string of the molecule is COC1C(=O)[C@]2(C)C(OC)C[C@H]3OC[C@@]3(OC(C)=O)[C@H]2C(OC(=O)c2ccccc2)[C@]2(O)CC(O)C(C)=C1C2(C)C. The Balaban J connectivity index is 1.84. The van der Waals surface area contributed by atoms with E-state index in [1.807, 2.05) is 0 Å². The summed E-state index contributed by atoms with van der Waals surface area (Å²) < 4.78 is 30.1. The van der Waals surface area contributed by atoms with Gasteiger partial charge in [-0.05, 0) is 37.1 Å². The first-order valence-electron chi connectivity index (χ1n) is 14.0. The molecule has 1 aromatic carbocycles. The fourth-order valence-corrected chi connectivity index (χ4v) is 8.17. The Labute approximate surface area is 239 Å². The highest BCUT2D eigenvalue weighted by Gasteiger charge is 2.78. The molecule has 0 radical (unpaired) electrons. The normalized spacial score (nSPS) is 41.2. The van der Waals surface area contributed by atoms with Crippen molar-refractivity contribution in [3.05, 3.63) is 47.0 Å². The minimum atomic E-state index is -1.93. The highest BCUT2D eigenvalue weighted by molar-refractivity contribution is 5.94. The minimum Gasteiger partial charge on any atom is -0.455 e. The molecule has 10 nitrogen and oxygen atoms in total. The van der Waals surface area contributed by atoms with Crippen LogP contribution < -0.4 is 0 Å². The number of benzene rings is 1. The Hall–Kier alpha value is -2.63. The van der Waals surface area contributed by atoms with Crippen LogP contribution in [-0.4, -0.2) is 90.5 Å². The molecule has 2 saturated carbocycles. The zero-order chi connectivity index (χ0) is 30.1. The summed E-state index contributed by atoms with van der Waals surface area (Å²) in [5, 5.41) is 24.2. The van der Waals surface area contributed by atoms with Crippen molar-refractivity contribution in [1.29, 1.82) is 0 Å². The molecule has 41 heavy (non-hydrogen) atoms. The van der Waals surface area contributed by atoms with Crippen molar-refractivity contribution in [2.45, 2.75) is 89.2 Å². The van der Waals surface area contributed by atoms with Gasteiger partial charge < -0.3 is 33.9 Å². The second kappa shape index (κ2) is 9.98. The number of Topliss-reactive ketones (excluding diaryl/α,β-unsaturated/α-hetero) is 1. The number of esters is 2. The molecule has 0 amide bonds. The number of fused-ring (bicyclic) bond motifs is 5. The van der Waals surface area contributed by atoms with Crippen molar-refractivity contribution in [2.24, 2.45) is 16.7 Å². The molecule has 3 fully saturated rings. The summed E-state index contributed by atoms with van der Waals surface area (Å²) >= 11 is 0. The number of aliphatic hydroxyl groups is 2. The lowest BCUT2D eigenvalue weighted by Gasteiger charge is -2.67. The third-order valence-electron chi connectivity index (χ3n) is 10.4. The quantitative estimate of drug-likeness (QED) is 0.400. The van der Waals surface area contributed by atoms with Gasteiger partial charge in [0.1, 0.15) is 23.9 Å². The van der Waals surface area contributed by atoms with E-state index in [1.165, 1.54) is 21.1 Å². The first-order chi connectivity index (χ1) is 19.2. The van der Waals surface area contributed by atoms with Gasteiger partial charge in [0.2, 0.25) is 0 Å². The monoisotopic (exact) mass is 572 g/mol. The highest BCUT2D eigenvalue weighted by atomic mass is 16.6. The Kier molecular flexibility index (Phi) is 7.27. The fourth-order valence-electron chi connectivity index (χ4n) is 8.17. The van der Waals surface area contributed by atoms with Crippen LogP contribution in [0.15, 0.2) is 41.5 Å². The van der Waals surface area contributed by atoms with E-state index < -0.39 is 70.4 Å². The standard InChI is InChI=1S/C31H40O10/c1-16-19(33)14-31(36)26(40-27(35)18-11-9-8-10-12-18)24-29(5,25(34)23(38-7)22(16)28(31,3)4)20(37-6)13-21-30(24,15-39-21)41-17(2)32/h8-12,19-21,23-24,26,33,36H,13-15H2,1-7H3/t19?,20?,21-,23?,24+,26?,29-,30+,31-/m1/s1. The molecule has 0 spiro atoms. The van der Waals surface area contributed by atoms with E-state index in [4.69, 9.17) is 23.7 Å². The van der Waals surface area contributed by atoms with Crippen LogP contribution in [0, 0.1) is 16.7 Å². The van der Waals surface area contributed by atoms with Crippen LogP contribution in [0.3, 0.4) is 0 Å². The number of aliphatic hydroxyl groups excluding tert-OH is 1. The van der Waals surface area contributed by atoms with Gasteiger partial charge in [-0.3, -0.25) is 9.59 Å². The van der Waals surface area contributed by atoms with Gasteiger partial charge in [-0.2, -0.15) is 0 Å². The molecule has 4 unspecified atom stereocenters. The lowest BCUT2D eigenvalue weighted by atomic mass is 9.44. The summed E-state index contributed by atoms with van der Waals surface area (Å²) in [6.07, 6.45) is -5.17. The highest BCUT2D eigenvalue weighted by Crippen LogP contribution is 2.64. The smallest absolute Gasteiger partial charge is 0.338 e. The van der Waals surface area contributed by atoms with Crippen LogP contribution in [0.5, 0.6) is 0 Å². The Morgan fingerprint density at radius 2 is 1.73 bits per heavy atom. The van der Waals surface area contributed by atoms with Gasteiger partial charge in [0, 0.05) is 39.4 Å². The Morgan fingerprint density at radius 3 is 2.27 bits per heavy atom. The summed E-state index contributed by atoms with van der Waals surface area (Å²) in [6, 6.07) is 8.32. The molecular weight excluding hydrogens is 532 g/mol. The first kappa shape index (κ1) is 29.8. The molecule has 1 aliphatic heterocycles. The molecule has 2 bridgehead atoms. The maximum absolute atomic E-state index is 14.9. The predicted molar refractivity (Wildman–Crippen MR) is 145 cm³/mol. The van der Waals surface area contributed by atoms with E-state index in [1.54, 1.807) is 58.0 Å². The van der Waals surface area contributed by atoms with Crippen molar-refractivity contribution < 1.29 is 48.3 Å².